The van der Waals surface area contributed by atoms with Crippen molar-refractivity contribution in [2.45, 2.75) is 56.7 Å². The molecule has 2 rings (SSSR count). The molecule has 0 radical (unpaired) electrons. The third kappa shape index (κ3) is 3.58. The number of rotatable bonds is 6. The van der Waals surface area contributed by atoms with Gasteiger partial charge in [-0.2, -0.15) is 0 Å². The summed E-state index contributed by atoms with van der Waals surface area (Å²) in [4.78, 5) is 17.2. The maximum absolute atomic E-state index is 12.3. The van der Waals surface area contributed by atoms with Gasteiger partial charge in [0.2, 0.25) is 0 Å². The zero-order chi connectivity index (χ0) is 15.5. The summed E-state index contributed by atoms with van der Waals surface area (Å²) in [6.07, 6.45) is 5.39. The predicted molar refractivity (Wildman–Crippen MR) is 84.3 cm³/mol. The van der Waals surface area contributed by atoms with Crippen LogP contribution in [0.25, 0.3) is 0 Å². The van der Waals surface area contributed by atoms with Crippen molar-refractivity contribution in [1.29, 1.82) is 0 Å². The second-order valence-corrected chi connectivity index (χ2v) is 6.67. The third-order valence-electron chi connectivity index (χ3n) is 5.43. The van der Waals surface area contributed by atoms with Crippen molar-refractivity contribution in [3.05, 3.63) is 0 Å². The Morgan fingerprint density at radius 2 is 2.24 bits per heavy atom. The summed E-state index contributed by atoms with van der Waals surface area (Å²) in [7, 11) is 6.30. The van der Waals surface area contributed by atoms with Gasteiger partial charge in [-0.3, -0.25) is 4.79 Å². The lowest BCUT2D eigenvalue weighted by molar-refractivity contribution is -0.151. The lowest BCUT2D eigenvalue weighted by Crippen LogP contribution is -2.51. The molecular formula is C16H31N3O2. The van der Waals surface area contributed by atoms with Crippen molar-refractivity contribution in [3.63, 3.8) is 0 Å². The Morgan fingerprint density at radius 3 is 2.81 bits per heavy atom. The highest BCUT2D eigenvalue weighted by Crippen LogP contribution is 2.34. The van der Waals surface area contributed by atoms with E-state index in [0.29, 0.717) is 18.7 Å². The van der Waals surface area contributed by atoms with E-state index >= 15 is 0 Å². The lowest BCUT2D eigenvalue weighted by atomic mass is 9.97. The van der Waals surface area contributed by atoms with E-state index in [1.807, 2.05) is 14.0 Å². The van der Waals surface area contributed by atoms with Gasteiger partial charge in [-0.1, -0.05) is 0 Å². The smallest absolute Gasteiger partial charge is 0.326 e. The standard InChI is InChI=1S/C16H31N3O2/c1-5-21-15(20)16(17-2)9-8-13(11-16)19(4)12-14-7-6-10-18(14)3/h13-14,17H,5-12H2,1-4H3. The summed E-state index contributed by atoms with van der Waals surface area (Å²) >= 11 is 0. The molecule has 5 nitrogen and oxygen atoms in total. The molecule has 1 heterocycles. The van der Waals surface area contributed by atoms with Gasteiger partial charge in [-0.15, -0.1) is 0 Å². The molecule has 1 aliphatic heterocycles. The van der Waals surface area contributed by atoms with E-state index in [9.17, 15) is 4.79 Å². The Kier molecular flexibility index (Phi) is 5.63. The van der Waals surface area contributed by atoms with Gasteiger partial charge in [0.1, 0.15) is 5.54 Å². The van der Waals surface area contributed by atoms with Crippen LogP contribution in [-0.4, -0.2) is 74.2 Å². The zero-order valence-electron chi connectivity index (χ0n) is 14.0. The predicted octanol–water partition coefficient (Wildman–Crippen LogP) is 1.09. The van der Waals surface area contributed by atoms with Crippen molar-refractivity contribution in [3.8, 4) is 0 Å². The zero-order valence-corrected chi connectivity index (χ0v) is 14.0. The molecule has 1 saturated carbocycles. The Hall–Kier alpha value is -0.650. The fourth-order valence-corrected chi connectivity index (χ4v) is 3.87. The summed E-state index contributed by atoms with van der Waals surface area (Å²) in [6, 6.07) is 1.14. The van der Waals surface area contributed by atoms with Gasteiger partial charge in [-0.05, 0) is 66.7 Å². The van der Waals surface area contributed by atoms with E-state index in [4.69, 9.17) is 4.74 Å². The van der Waals surface area contributed by atoms with Crippen LogP contribution in [0.1, 0.15) is 39.0 Å². The van der Waals surface area contributed by atoms with Crippen molar-refractivity contribution in [2.24, 2.45) is 0 Å². The highest BCUT2D eigenvalue weighted by atomic mass is 16.5. The largest absolute Gasteiger partial charge is 0.465 e. The number of likely N-dealkylation sites (N-methyl/N-ethyl adjacent to an activating group) is 3. The van der Waals surface area contributed by atoms with Gasteiger partial charge < -0.3 is 19.9 Å². The van der Waals surface area contributed by atoms with Crippen molar-refractivity contribution in [2.75, 3.05) is 40.8 Å². The summed E-state index contributed by atoms with van der Waals surface area (Å²) in [5, 5.41) is 3.24. The van der Waals surface area contributed by atoms with Crippen LogP contribution in [0.15, 0.2) is 0 Å². The number of nitrogens with zero attached hydrogens (tertiary/aromatic N) is 2. The van der Waals surface area contributed by atoms with E-state index in [0.717, 1.165) is 25.8 Å². The SMILES string of the molecule is CCOC(=O)C1(NC)CCC(N(C)CC2CCCN2C)C1. The van der Waals surface area contributed by atoms with Crippen molar-refractivity contribution >= 4 is 5.97 Å². The van der Waals surface area contributed by atoms with E-state index < -0.39 is 5.54 Å². The van der Waals surface area contributed by atoms with Gasteiger partial charge in [0, 0.05) is 18.6 Å². The molecule has 2 fully saturated rings. The summed E-state index contributed by atoms with van der Waals surface area (Å²) < 4.78 is 5.27. The molecule has 0 amide bonds. The van der Waals surface area contributed by atoms with Crippen LogP contribution in [0.3, 0.4) is 0 Å². The first kappa shape index (κ1) is 16.7. The minimum absolute atomic E-state index is 0.0821. The number of hydrogen-bond acceptors (Lipinski definition) is 5. The average molecular weight is 297 g/mol. The van der Waals surface area contributed by atoms with Gasteiger partial charge in [-0.25, -0.2) is 0 Å². The topological polar surface area (TPSA) is 44.8 Å². The first-order valence-electron chi connectivity index (χ1n) is 8.29. The maximum atomic E-state index is 12.3. The fourth-order valence-electron chi connectivity index (χ4n) is 3.87. The molecule has 1 aliphatic carbocycles. The molecular weight excluding hydrogens is 266 g/mol. The van der Waals surface area contributed by atoms with E-state index in [2.05, 4.69) is 29.2 Å². The van der Waals surface area contributed by atoms with Gasteiger partial charge >= 0.3 is 5.97 Å². The molecule has 0 bridgehead atoms. The van der Waals surface area contributed by atoms with Crippen LogP contribution >= 0.6 is 0 Å². The van der Waals surface area contributed by atoms with Crippen LogP contribution in [0.4, 0.5) is 0 Å². The number of nitrogens with one attached hydrogen (secondary N) is 1. The molecule has 1 N–H and O–H groups in total. The van der Waals surface area contributed by atoms with E-state index in [1.165, 1.54) is 19.4 Å². The van der Waals surface area contributed by atoms with Crippen LogP contribution in [0.2, 0.25) is 0 Å². The van der Waals surface area contributed by atoms with Gasteiger partial charge in [0.25, 0.3) is 0 Å². The summed E-state index contributed by atoms with van der Waals surface area (Å²) in [5.74, 6) is -0.0821. The van der Waals surface area contributed by atoms with E-state index in [1.54, 1.807) is 0 Å². The molecule has 1 saturated heterocycles. The molecule has 0 spiro atoms. The highest BCUT2D eigenvalue weighted by Gasteiger charge is 2.46. The first-order valence-corrected chi connectivity index (χ1v) is 8.29. The number of ether oxygens (including phenoxy) is 1. The number of esters is 1. The molecule has 21 heavy (non-hydrogen) atoms. The Labute approximate surface area is 129 Å². The van der Waals surface area contributed by atoms with Gasteiger partial charge in [0.05, 0.1) is 6.61 Å². The monoisotopic (exact) mass is 297 g/mol. The molecule has 0 aromatic carbocycles. The molecule has 0 aromatic heterocycles. The van der Waals surface area contributed by atoms with Crippen LogP contribution < -0.4 is 5.32 Å². The number of likely N-dealkylation sites (tertiary alicyclic amines) is 1. The molecule has 5 heteroatoms. The molecule has 122 valence electrons. The maximum Gasteiger partial charge on any atom is 0.326 e. The highest BCUT2D eigenvalue weighted by molar-refractivity contribution is 5.81. The van der Waals surface area contributed by atoms with Crippen LogP contribution in [0, 0.1) is 0 Å². The summed E-state index contributed by atoms with van der Waals surface area (Å²) in [6.45, 7) is 4.64. The van der Waals surface area contributed by atoms with Crippen LogP contribution in [-0.2, 0) is 9.53 Å². The second-order valence-electron chi connectivity index (χ2n) is 6.67. The lowest BCUT2D eigenvalue weighted by Gasteiger charge is -2.32. The Balaban J connectivity index is 1.92. The minimum atomic E-state index is -0.476. The van der Waals surface area contributed by atoms with Gasteiger partial charge in [0.15, 0.2) is 0 Å². The number of carbonyl (C=O) groups excluding carboxylic acids is 1. The quantitative estimate of drug-likeness (QED) is 0.744. The molecule has 0 aromatic rings. The minimum Gasteiger partial charge on any atom is -0.465 e. The first-order chi connectivity index (χ1) is 10.0. The number of hydrogen-bond donors (Lipinski definition) is 1. The average Bonchev–Trinajstić information content (AvgIpc) is 3.07. The summed E-state index contributed by atoms with van der Waals surface area (Å²) in [5.41, 5.74) is -0.476. The number of carbonyl (C=O) groups is 1. The molecule has 2 aliphatic rings. The second kappa shape index (κ2) is 7.07. The van der Waals surface area contributed by atoms with Crippen LogP contribution in [0.5, 0.6) is 0 Å². The van der Waals surface area contributed by atoms with Crippen molar-refractivity contribution < 1.29 is 9.53 Å². The molecule has 3 atom stereocenters. The Morgan fingerprint density at radius 1 is 1.48 bits per heavy atom. The third-order valence-corrected chi connectivity index (χ3v) is 5.43. The normalized spacial score (nSPS) is 33.8. The van der Waals surface area contributed by atoms with E-state index in [-0.39, 0.29) is 5.97 Å². The fraction of sp³-hybridized carbons (Fsp3) is 0.938. The van der Waals surface area contributed by atoms with Crippen molar-refractivity contribution in [1.82, 2.24) is 15.1 Å². The Bertz CT molecular complexity index is 363. The molecule has 3 unspecified atom stereocenters.